The maximum atomic E-state index is 5.18. The summed E-state index contributed by atoms with van der Waals surface area (Å²) in [5.41, 5.74) is 0. The molecule has 8 heteroatoms. The predicted molar refractivity (Wildman–Crippen MR) is 82.9 cm³/mol. The normalized spacial score (nSPS) is 16.0. The monoisotopic (exact) mass is 303 g/mol. The van der Waals surface area contributed by atoms with Gasteiger partial charge in [-0.3, -0.25) is 4.90 Å². The van der Waals surface area contributed by atoms with Crippen molar-refractivity contribution in [1.29, 1.82) is 0 Å². The van der Waals surface area contributed by atoms with Crippen LogP contribution < -0.4 is 9.80 Å². The Hall–Kier alpha value is -2.22. The van der Waals surface area contributed by atoms with Crippen LogP contribution in [0.2, 0.25) is 0 Å². The van der Waals surface area contributed by atoms with Crippen LogP contribution in [-0.2, 0) is 6.54 Å². The van der Waals surface area contributed by atoms with Crippen LogP contribution in [-0.4, -0.2) is 65.3 Å². The summed E-state index contributed by atoms with van der Waals surface area (Å²) in [6, 6.07) is 2.02. The first-order chi connectivity index (χ1) is 10.6. The molecule has 1 aliphatic heterocycles. The highest BCUT2D eigenvalue weighted by Gasteiger charge is 2.20. The molecule has 0 aromatic carbocycles. The van der Waals surface area contributed by atoms with E-state index in [0.717, 1.165) is 37.8 Å². The lowest BCUT2D eigenvalue weighted by Gasteiger charge is -2.34. The topological polar surface area (TPSA) is 74.4 Å². The summed E-state index contributed by atoms with van der Waals surface area (Å²) in [5, 5.41) is 3.83. The fourth-order valence-corrected chi connectivity index (χ4v) is 2.49. The van der Waals surface area contributed by atoms with Crippen molar-refractivity contribution in [2.45, 2.75) is 13.5 Å². The summed E-state index contributed by atoms with van der Waals surface area (Å²) in [6.45, 7) is 6.29. The maximum absolute atomic E-state index is 5.18. The van der Waals surface area contributed by atoms with Gasteiger partial charge in [-0.1, -0.05) is 5.16 Å². The highest BCUT2D eigenvalue weighted by atomic mass is 16.5. The first kappa shape index (κ1) is 14.7. The highest BCUT2D eigenvalue weighted by Crippen LogP contribution is 2.18. The second-order valence-electron chi connectivity index (χ2n) is 5.63. The molecule has 0 atom stereocenters. The van der Waals surface area contributed by atoms with E-state index in [1.54, 1.807) is 6.33 Å². The van der Waals surface area contributed by atoms with Crippen LogP contribution in [0.4, 0.5) is 11.6 Å². The van der Waals surface area contributed by atoms with Crippen molar-refractivity contribution in [2.24, 2.45) is 0 Å². The number of hydrogen-bond acceptors (Lipinski definition) is 8. The molecular formula is C14H21N7O. The van der Waals surface area contributed by atoms with Crippen molar-refractivity contribution in [3.05, 3.63) is 24.1 Å². The Kier molecular flexibility index (Phi) is 4.19. The molecule has 0 bridgehead atoms. The van der Waals surface area contributed by atoms with Gasteiger partial charge in [0, 0.05) is 46.3 Å². The van der Waals surface area contributed by atoms with Crippen LogP contribution in [0.3, 0.4) is 0 Å². The molecule has 0 saturated carbocycles. The van der Waals surface area contributed by atoms with E-state index in [0.29, 0.717) is 18.3 Å². The van der Waals surface area contributed by atoms with Crippen LogP contribution in [0.1, 0.15) is 11.7 Å². The van der Waals surface area contributed by atoms with Gasteiger partial charge in [-0.15, -0.1) is 0 Å². The molecule has 1 fully saturated rings. The fourth-order valence-electron chi connectivity index (χ4n) is 2.49. The minimum Gasteiger partial charge on any atom is -0.363 e. The number of rotatable bonds is 4. The summed E-state index contributed by atoms with van der Waals surface area (Å²) in [6.07, 6.45) is 1.62. The van der Waals surface area contributed by atoms with Gasteiger partial charge in [0.1, 0.15) is 18.0 Å². The average molecular weight is 303 g/mol. The third-order valence-electron chi connectivity index (χ3n) is 3.72. The predicted octanol–water partition coefficient (Wildman–Crippen LogP) is 0.556. The van der Waals surface area contributed by atoms with Crippen molar-refractivity contribution < 1.29 is 4.52 Å². The van der Waals surface area contributed by atoms with Crippen LogP contribution in [0.5, 0.6) is 0 Å². The molecule has 2 aromatic rings. The summed E-state index contributed by atoms with van der Waals surface area (Å²) in [5.74, 6) is 3.27. The lowest BCUT2D eigenvalue weighted by atomic mass is 10.3. The summed E-state index contributed by atoms with van der Waals surface area (Å²) in [7, 11) is 3.97. The van der Waals surface area contributed by atoms with E-state index in [1.165, 1.54) is 0 Å². The zero-order chi connectivity index (χ0) is 15.5. The second kappa shape index (κ2) is 6.27. The van der Waals surface area contributed by atoms with Crippen LogP contribution >= 0.6 is 0 Å². The molecule has 3 rings (SSSR count). The van der Waals surface area contributed by atoms with Crippen molar-refractivity contribution in [2.75, 3.05) is 50.1 Å². The quantitative estimate of drug-likeness (QED) is 0.811. The zero-order valence-electron chi connectivity index (χ0n) is 13.2. The Morgan fingerprint density at radius 2 is 1.95 bits per heavy atom. The molecule has 118 valence electrons. The molecule has 0 unspecified atom stereocenters. The lowest BCUT2D eigenvalue weighted by Crippen LogP contribution is -2.46. The van der Waals surface area contributed by atoms with Crippen molar-refractivity contribution >= 4 is 11.6 Å². The first-order valence-corrected chi connectivity index (χ1v) is 7.37. The van der Waals surface area contributed by atoms with Gasteiger partial charge in [0.15, 0.2) is 5.82 Å². The third kappa shape index (κ3) is 3.33. The summed E-state index contributed by atoms with van der Waals surface area (Å²) in [4.78, 5) is 19.5. The van der Waals surface area contributed by atoms with E-state index in [4.69, 9.17) is 4.52 Å². The molecule has 1 saturated heterocycles. The molecule has 1 aliphatic rings. The molecule has 0 amide bonds. The number of nitrogens with zero attached hydrogens (tertiary/aromatic N) is 7. The number of aromatic nitrogens is 4. The molecule has 22 heavy (non-hydrogen) atoms. The van der Waals surface area contributed by atoms with E-state index in [1.807, 2.05) is 32.0 Å². The van der Waals surface area contributed by atoms with Gasteiger partial charge in [-0.2, -0.15) is 4.98 Å². The molecule has 0 aliphatic carbocycles. The number of anilines is 2. The SMILES string of the molecule is Cc1noc(CN2CCN(c3cc(N(C)C)ncn3)CC2)n1. The second-order valence-corrected chi connectivity index (χ2v) is 5.63. The fraction of sp³-hybridized carbons (Fsp3) is 0.571. The minimum atomic E-state index is 0.683. The molecule has 0 N–H and O–H groups in total. The van der Waals surface area contributed by atoms with E-state index in [9.17, 15) is 0 Å². The zero-order valence-corrected chi connectivity index (χ0v) is 13.2. The van der Waals surface area contributed by atoms with E-state index in [2.05, 4.69) is 29.9 Å². The molecular weight excluding hydrogens is 282 g/mol. The smallest absolute Gasteiger partial charge is 0.240 e. The lowest BCUT2D eigenvalue weighted by molar-refractivity contribution is 0.215. The molecule has 3 heterocycles. The molecule has 0 spiro atoms. The minimum absolute atomic E-state index is 0.683. The van der Waals surface area contributed by atoms with Gasteiger partial charge in [-0.05, 0) is 6.92 Å². The van der Waals surface area contributed by atoms with Gasteiger partial charge in [0.2, 0.25) is 5.89 Å². The van der Waals surface area contributed by atoms with Crippen molar-refractivity contribution in [1.82, 2.24) is 25.0 Å². The number of hydrogen-bond donors (Lipinski definition) is 0. The molecule has 2 aromatic heterocycles. The largest absolute Gasteiger partial charge is 0.363 e. The van der Waals surface area contributed by atoms with E-state index in [-0.39, 0.29) is 0 Å². The first-order valence-electron chi connectivity index (χ1n) is 7.37. The summed E-state index contributed by atoms with van der Waals surface area (Å²) >= 11 is 0. The Labute approximate surface area is 129 Å². The Morgan fingerprint density at radius 1 is 1.18 bits per heavy atom. The van der Waals surface area contributed by atoms with Crippen LogP contribution in [0.15, 0.2) is 16.9 Å². The Bertz CT molecular complexity index is 619. The molecule has 8 nitrogen and oxygen atoms in total. The van der Waals surface area contributed by atoms with Crippen molar-refractivity contribution in [3.8, 4) is 0 Å². The number of aryl methyl sites for hydroxylation is 1. The molecule has 0 radical (unpaired) electrons. The van der Waals surface area contributed by atoms with Crippen LogP contribution in [0.25, 0.3) is 0 Å². The standard InChI is InChI=1S/C14H21N7O/c1-11-17-14(22-18-11)9-20-4-6-21(7-5-20)13-8-12(19(2)3)15-10-16-13/h8,10H,4-7,9H2,1-3H3. The van der Waals surface area contributed by atoms with Crippen molar-refractivity contribution in [3.63, 3.8) is 0 Å². The maximum Gasteiger partial charge on any atom is 0.240 e. The third-order valence-corrected chi connectivity index (χ3v) is 3.72. The van der Waals surface area contributed by atoms with Gasteiger partial charge in [0.05, 0.1) is 6.54 Å². The summed E-state index contributed by atoms with van der Waals surface area (Å²) < 4.78 is 5.18. The van der Waals surface area contributed by atoms with Crippen LogP contribution in [0, 0.1) is 6.92 Å². The Morgan fingerprint density at radius 3 is 2.59 bits per heavy atom. The Balaban J connectivity index is 1.58. The number of piperazine rings is 1. The van der Waals surface area contributed by atoms with Gasteiger partial charge in [0.25, 0.3) is 0 Å². The average Bonchev–Trinajstić information content (AvgIpc) is 2.93. The van der Waals surface area contributed by atoms with Gasteiger partial charge in [-0.25, -0.2) is 9.97 Å². The highest BCUT2D eigenvalue weighted by molar-refractivity contribution is 5.49. The van der Waals surface area contributed by atoms with Gasteiger partial charge < -0.3 is 14.3 Å². The van der Waals surface area contributed by atoms with Gasteiger partial charge >= 0.3 is 0 Å². The van der Waals surface area contributed by atoms with E-state index >= 15 is 0 Å². The van der Waals surface area contributed by atoms with E-state index < -0.39 is 0 Å².